The van der Waals surface area contributed by atoms with Crippen LogP contribution in [0.2, 0.25) is 0 Å². The number of amidine groups is 1. The van der Waals surface area contributed by atoms with Gasteiger partial charge in [-0.3, -0.25) is 0 Å². The monoisotopic (exact) mass is 437 g/mol. The summed E-state index contributed by atoms with van der Waals surface area (Å²) in [5, 5.41) is 0.916. The molecular formula is C15H17BF9N3O. The van der Waals surface area contributed by atoms with E-state index in [9.17, 15) is 39.2 Å². The Bertz CT molecular complexity index is 788. The predicted molar refractivity (Wildman–Crippen MR) is 86.2 cm³/mol. The molecule has 1 atom stereocenters. The number of benzene rings is 1. The van der Waals surface area contributed by atoms with Gasteiger partial charge >= 0.3 is 7.25 Å². The fourth-order valence-corrected chi connectivity index (χ4v) is 2.93. The zero-order valence-corrected chi connectivity index (χ0v) is 15.5. The van der Waals surface area contributed by atoms with E-state index in [0.717, 1.165) is 5.01 Å². The van der Waals surface area contributed by atoms with E-state index in [1.807, 2.05) is 25.3 Å². The van der Waals surface area contributed by atoms with Gasteiger partial charge in [-0.25, -0.2) is 26.5 Å². The molecule has 0 aliphatic carbocycles. The van der Waals surface area contributed by atoms with E-state index < -0.39 is 42.0 Å². The number of hydrogen-bond acceptors (Lipinski definition) is 3. The van der Waals surface area contributed by atoms with E-state index in [1.54, 1.807) is 0 Å². The second-order valence-electron chi connectivity index (χ2n) is 7.41. The molecule has 2 heterocycles. The number of nitrogens with zero attached hydrogens (tertiary/aromatic N) is 2. The van der Waals surface area contributed by atoms with Crippen molar-refractivity contribution in [1.82, 2.24) is 5.43 Å². The molecule has 1 unspecified atom stereocenters. The van der Waals surface area contributed by atoms with Gasteiger partial charge in [-0.1, -0.05) is 20.8 Å². The Morgan fingerprint density at radius 2 is 1.38 bits per heavy atom. The smallest absolute Gasteiger partial charge is 0.418 e. The van der Waals surface area contributed by atoms with Crippen LogP contribution in [0.1, 0.15) is 20.8 Å². The lowest BCUT2D eigenvalue weighted by molar-refractivity contribution is -0.585. The van der Waals surface area contributed by atoms with Crippen molar-refractivity contribution in [2.24, 2.45) is 5.41 Å². The molecule has 0 radical (unpaired) electrons. The fraction of sp³-hybridized carbons (Fsp3) is 0.533. The van der Waals surface area contributed by atoms with Crippen LogP contribution in [0, 0.1) is 34.5 Å². The summed E-state index contributed by atoms with van der Waals surface area (Å²) in [5.41, 5.74) is 1.47. The average Bonchev–Trinajstić information content (AvgIpc) is 2.99. The fourth-order valence-electron chi connectivity index (χ4n) is 2.93. The first kappa shape index (κ1) is 23.2. The maximum Gasteiger partial charge on any atom is 0.673 e. The number of halogens is 9. The minimum atomic E-state index is -6.00. The minimum absolute atomic E-state index is 0.0566. The lowest BCUT2D eigenvalue weighted by atomic mass is 9.86. The van der Waals surface area contributed by atoms with Crippen molar-refractivity contribution in [3.8, 4) is 0 Å². The number of rotatable bonds is 1. The summed E-state index contributed by atoms with van der Waals surface area (Å²) >= 11 is 0. The molecular weight excluding hydrogens is 420 g/mol. The summed E-state index contributed by atoms with van der Waals surface area (Å²) in [4.78, 5) is 0. The first-order valence-corrected chi connectivity index (χ1v) is 8.26. The first-order valence-electron chi connectivity index (χ1n) is 8.26. The number of hydrazine groups is 1. The third-order valence-corrected chi connectivity index (χ3v) is 4.25. The molecule has 4 nitrogen and oxygen atoms in total. The molecule has 1 N–H and O–H groups in total. The molecule has 1 aromatic rings. The van der Waals surface area contributed by atoms with E-state index in [2.05, 4.69) is 5.43 Å². The summed E-state index contributed by atoms with van der Waals surface area (Å²) in [6, 6.07) is -0.111. The van der Waals surface area contributed by atoms with E-state index in [0.29, 0.717) is 12.4 Å². The Kier molecular flexibility index (Phi) is 6.36. The van der Waals surface area contributed by atoms with Crippen LogP contribution >= 0.6 is 0 Å². The Hall–Kier alpha value is -2.12. The van der Waals surface area contributed by atoms with Gasteiger partial charge in [0.25, 0.3) is 5.84 Å². The summed E-state index contributed by atoms with van der Waals surface area (Å²) in [5.74, 6) is -9.33. The molecule has 0 bridgehead atoms. The highest BCUT2D eigenvalue weighted by atomic mass is 19.5. The molecule has 1 aromatic carbocycles. The quantitative estimate of drug-likeness (QED) is 0.238. The van der Waals surface area contributed by atoms with Crippen molar-refractivity contribution in [1.29, 1.82) is 0 Å². The van der Waals surface area contributed by atoms with Crippen LogP contribution in [0.5, 0.6) is 0 Å². The number of anilines is 1. The summed E-state index contributed by atoms with van der Waals surface area (Å²) in [7, 11) is -6.00. The van der Waals surface area contributed by atoms with Crippen LogP contribution in [0.3, 0.4) is 0 Å². The lowest BCUT2D eigenvalue weighted by Gasteiger charge is -2.31. The van der Waals surface area contributed by atoms with Gasteiger partial charge in [-0.05, 0) is 0 Å². The Morgan fingerprint density at radius 3 is 1.83 bits per heavy atom. The van der Waals surface area contributed by atoms with Gasteiger partial charge in [-0.2, -0.15) is 10.4 Å². The van der Waals surface area contributed by atoms with Crippen molar-refractivity contribution in [3.63, 3.8) is 0 Å². The molecule has 0 fully saturated rings. The maximum atomic E-state index is 14.0. The molecule has 2 aliphatic heterocycles. The Balaban J connectivity index is 0.000000537. The molecule has 0 aromatic heterocycles. The maximum absolute atomic E-state index is 14.0. The second kappa shape index (κ2) is 7.96. The number of ether oxygens (including phenoxy) is 1. The zero-order chi connectivity index (χ0) is 22.3. The largest absolute Gasteiger partial charge is 0.673 e. The molecule has 0 spiro atoms. The average molecular weight is 437 g/mol. The molecule has 164 valence electrons. The van der Waals surface area contributed by atoms with Crippen LogP contribution in [0.4, 0.5) is 44.9 Å². The van der Waals surface area contributed by atoms with E-state index in [-0.39, 0.29) is 24.7 Å². The van der Waals surface area contributed by atoms with Crippen molar-refractivity contribution in [3.05, 3.63) is 29.1 Å². The van der Waals surface area contributed by atoms with Crippen LogP contribution in [-0.2, 0) is 4.74 Å². The highest BCUT2D eigenvalue weighted by Crippen LogP contribution is 2.32. The normalized spacial score (nSPS) is 19.6. The summed E-state index contributed by atoms with van der Waals surface area (Å²) in [6.07, 6.45) is 0. The number of nitrogens with one attached hydrogen (secondary N) is 1. The molecule has 0 saturated heterocycles. The van der Waals surface area contributed by atoms with Gasteiger partial charge in [-0.15, -0.1) is 0 Å². The zero-order valence-electron chi connectivity index (χ0n) is 15.5. The van der Waals surface area contributed by atoms with Gasteiger partial charge < -0.3 is 22.0 Å². The van der Waals surface area contributed by atoms with Gasteiger partial charge in [0.1, 0.15) is 12.6 Å². The first-order chi connectivity index (χ1) is 13.1. The van der Waals surface area contributed by atoms with Crippen LogP contribution < -0.4 is 10.4 Å². The molecule has 2 aliphatic rings. The lowest BCUT2D eigenvalue weighted by Crippen LogP contribution is -2.48. The third-order valence-electron chi connectivity index (χ3n) is 4.25. The molecule has 3 rings (SSSR count). The van der Waals surface area contributed by atoms with Crippen LogP contribution in [0.15, 0.2) is 0 Å². The molecule has 0 saturated carbocycles. The van der Waals surface area contributed by atoms with Crippen molar-refractivity contribution in [2.45, 2.75) is 26.8 Å². The van der Waals surface area contributed by atoms with Crippen LogP contribution in [-0.4, -0.2) is 43.6 Å². The molecule has 0 amide bonds. The Labute approximate surface area is 160 Å². The minimum Gasteiger partial charge on any atom is -0.418 e. The van der Waals surface area contributed by atoms with Gasteiger partial charge in [0.05, 0.1) is 6.61 Å². The summed E-state index contributed by atoms with van der Waals surface area (Å²) < 4.78 is 114. The second-order valence-corrected chi connectivity index (χ2v) is 7.41. The van der Waals surface area contributed by atoms with Gasteiger partial charge in [0.2, 0.25) is 5.82 Å². The van der Waals surface area contributed by atoms with E-state index in [4.69, 9.17) is 4.74 Å². The highest BCUT2D eigenvalue weighted by Gasteiger charge is 2.44. The van der Waals surface area contributed by atoms with Crippen LogP contribution in [0.25, 0.3) is 0 Å². The molecule has 29 heavy (non-hydrogen) atoms. The predicted octanol–water partition coefficient (Wildman–Crippen LogP) is 3.82. The summed E-state index contributed by atoms with van der Waals surface area (Å²) in [6.45, 7) is 6.44. The standard InChI is InChI=1S/C15H16F5N3O.BF4/c1-15(2,3)7-4-24-5-8-21-23(6-22(7)8)14-12(19)10(17)9(16)11(18)13(14)20;2-1(3,4)5/h7H,4-6H2,1-3H3;/q;-1/p+1. The topological polar surface area (TPSA) is 27.5 Å². The third kappa shape index (κ3) is 5.09. The SMILES string of the molecule is CC(C)(C)C1COCC2=[N+]1CN(c1c(F)c(F)c(F)c(F)c1F)N2.F[B-](F)(F)F. The number of hydrogen-bond donors (Lipinski definition) is 1. The van der Waals surface area contributed by atoms with E-state index in [1.165, 1.54) is 0 Å². The van der Waals surface area contributed by atoms with Crippen molar-refractivity contribution >= 4 is 18.8 Å². The highest BCUT2D eigenvalue weighted by molar-refractivity contribution is 6.50. The van der Waals surface area contributed by atoms with Crippen molar-refractivity contribution < 1.29 is 48.5 Å². The van der Waals surface area contributed by atoms with Gasteiger partial charge in [0.15, 0.2) is 35.6 Å². The Morgan fingerprint density at radius 1 is 0.931 bits per heavy atom. The molecule has 14 heteroatoms. The van der Waals surface area contributed by atoms with Gasteiger partial charge in [0, 0.05) is 5.41 Å². The van der Waals surface area contributed by atoms with E-state index >= 15 is 0 Å². The van der Waals surface area contributed by atoms with Crippen molar-refractivity contribution in [2.75, 3.05) is 24.9 Å².